The molecule has 0 bridgehead atoms. The minimum absolute atomic E-state index is 0.442. The number of pyridine rings is 1. The highest BCUT2D eigenvalue weighted by Crippen LogP contribution is 2.48. The summed E-state index contributed by atoms with van der Waals surface area (Å²) in [6, 6.07) is 26.6. The molecule has 3 aromatic carbocycles. The fraction of sp³-hybridized carbons (Fsp3) is 0.281. The van der Waals surface area contributed by atoms with Gasteiger partial charge in [-0.15, -0.1) is 0 Å². The first kappa shape index (κ1) is 26.4. The first-order valence-corrected chi connectivity index (χ1v) is 12.7. The standard InChI is InChI=1S/C32H36N2O3/c1-5-37-21-18-24-22-28(31(36-4)33-23-24)30(26-13-7-6-8-14-26)32(35,19-20-34(2)3)29-17-11-15-25-12-9-10-16-27(25)29/h6-18,21-23,30,35H,5,19-20H2,1-4H3. The minimum atomic E-state index is -1.26. The number of aromatic nitrogens is 1. The van der Waals surface area contributed by atoms with Crippen molar-refractivity contribution in [1.29, 1.82) is 0 Å². The van der Waals surface area contributed by atoms with Crippen molar-refractivity contribution >= 4 is 16.8 Å². The predicted octanol–water partition coefficient (Wildman–Crippen LogP) is 6.22. The molecule has 37 heavy (non-hydrogen) atoms. The molecule has 0 fully saturated rings. The summed E-state index contributed by atoms with van der Waals surface area (Å²) in [7, 11) is 5.69. The van der Waals surface area contributed by atoms with Crippen molar-refractivity contribution in [1.82, 2.24) is 9.88 Å². The van der Waals surface area contributed by atoms with E-state index in [0.717, 1.165) is 33.0 Å². The maximum atomic E-state index is 13.0. The maximum absolute atomic E-state index is 13.0. The van der Waals surface area contributed by atoms with Crippen LogP contribution in [0.5, 0.6) is 5.88 Å². The molecule has 5 heteroatoms. The lowest BCUT2D eigenvalue weighted by molar-refractivity contribution is 0.00515. The smallest absolute Gasteiger partial charge is 0.217 e. The second-order valence-corrected chi connectivity index (χ2v) is 9.47. The highest BCUT2D eigenvalue weighted by Gasteiger charge is 2.43. The number of benzene rings is 3. The molecule has 0 radical (unpaired) electrons. The summed E-state index contributed by atoms with van der Waals surface area (Å²) in [4.78, 5) is 6.74. The highest BCUT2D eigenvalue weighted by molar-refractivity contribution is 5.86. The third-order valence-corrected chi connectivity index (χ3v) is 6.73. The van der Waals surface area contributed by atoms with E-state index in [1.165, 1.54) is 0 Å². The van der Waals surface area contributed by atoms with Crippen molar-refractivity contribution in [3.05, 3.63) is 114 Å². The summed E-state index contributed by atoms with van der Waals surface area (Å²) in [5, 5.41) is 15.1. The normalized spacial score (nSPS) is 14.1. The number of ether oxygens (including phenoxy) is 2. The Labute approximate surface area is 220 Å². The van der Waals surface area contributed by atoms with Crippen LogP contribution in [0.4, 0.5) is 0 Å². The summed E-state index contributed by atoms with van der Waals surface area (Å²) >= 11 is 0. The van der Waals surface area contributed by atoms with E-state index < -0.39 is 11.5 Å². The van der Waals surface area contributed by atoms with Gasteiger partial charge in [-0.1, -0.05) is 72.8 Å². The third kappa shape index (κ3) is 5.85. The Morgan fingerprint density at radius 1 is 1.00 bits per heavy atom. The Hall–Kier alpha value is -3.67. The van der Waals surface area contributed by atoms with Crippen LogP contribution in [0.25, 0.3) is 16.8 Å². The van der Waals surface area contributed by atoms with E-state index in [1.807, 2.05) is 75.6 Å². The van der Waals surface area contributed by atoms with E-state index in [0.29, 0.717) is 25.5 Å². The lowest BCUT2D eigenvalue weighted by Crippen LogP contribution is -2.38. The van der Waals surface area contributed by atoms with E-state index in [-0.39, 0.29) is 0 Å². The van der Waals surface area contributed by atoms with Gasteiger partial charge in [0.1, 0.15) is 5.60 Å². The number of fused-ring (bicyclic) bond motifs is 1. The summed E-state index contributed by atoms with van der Waals surface area (Å²) in [6.07, 6.45) is 5.83. The van der Waals surface area contributed by atoms with Crippen LogP contribution in [0.3, 0.4) is 0 Å². The van der Waals surface area contributed by atoms with Gasteiger partial charge in [0.05, 0.1) is 20.0 Å². The molecule has 1 aromatic heterocycles. The Morgan fingerprint density at radius 3 is 2.46 bits per heavy atom. The SMILES string of the molecule is CCOC=Cc1cnc(OC)c(C(c2ccccc2)C(O)(CCN(C)C)c2cccc3ccccc23)c1. The molecule has 0 aliphatic rings. The molecule has 0 aliphatic carbocycles. The van der Waals surface area contributed by atoms with Crippen molar-refractivity contribution in [3.63, 3.8) is 0 Å². The van der Waals surface area contributed by atoms with Crippen molar-refractivity contribution in [3.8, 4) is 5.88 Å². The molecule has 2 unspecified atom stereocenters. The Morgan fingerprint density at radius 2 is 1.73 bits per heavy atom. The number of hydrogen-bond acceptors (Lipinski definition) is 5. The van der Waals surface area contributed by atoms with Gasteiger partial charge in [0, 0.05) is 24.2 Å². The zero-order chi connectivity index (χ0) is 26.3. The molecule has 1 N–H and O–H groups in total. The van der Waals surface area contributed by atoms with Crippen LogP contribution in [0.1, 0.15) is 41.5 Å². The molecule has 0 spiro atoms. The summed E-state index contributed by atoms with van der Waals surface area (Å²) < 4.78 is 11.2. The number of methoxy groups -OCH3 is 1. The number of nitrogens with zero attached hydrogens (tertiary/aromatic N) is 2. The third-order valence-electron chi connectivity index (χ3n) is 6.73. The zero-order valence-electron chi connectivity index (χ0n) is 22.1. The molecule has 4 aromatic rings. The van der Waals surface area contributed by atoms with Gasteiger partial charge in [-0.2, -0.15) is 0 Å². The maximum Gasteiger partial charge on any atom is 0.217 e. The number of rotatable bonds is 11. The predicted molar refractivity (Wildman–Crippen MR) is 151 cm³/mol. The van der Waals surface area contributed by atoms with Crippen molar-refractivity contribution in [2.24, 2.45) is 0 Å². The molecule has 4 rings (SSSR count). The van der Waals surface area contributed by atoms with E-state index in [1.54, 1.807) is 19.6 Å². The largest absolute Gasteiger partial charge is 0.501 e. The van der Waals surface area contributed by atoms with Crippen molar-refractivity contribution in [2.75, 3.05) is 34.4 Å². The van der Waals surface area contributed by atoms with Crippen LogP contribution in [0.15, 0.2) is 91.3 Å². The zero-order valence-corrected chi connectivity index (χ0v) is 22.1. The van der Waals surface area contributed by atoms with Crippen molar-refractivity contribution in [2.45, 2.75) is 24.9 Å². The quantitative estimate of drug-likeness (QED) is 0.250. The molecule has 2 atom stereocenters. The monoisotopic (exact) mass is 496 g/mol. The fourth-order valence-electron chi connectivity index (χ4n) is 4.97. The molecule has 0 aliphatic heterocycles. The minimum Gasteiger partial charge on any atom is -0.501 e. The lowest BCUT2D eigenvalue weighted by atomic mass is 9.70. The van der Waals surface area contributed by atoms with E-state index >= 15 is 0 Å². The average molecular weight is 497 g/mol. The Kier molecular flexibility index (Phi) is 8.59. The van der Waals surface area contributed by atoms with Crippen molar-refractivity contribution < 1.29 is 14.6 Å². The molecule has 5 nitrogen and oxygen atoms in total. The molecular weight excluding hydrogens is 460 g/mol. The average Bonchev–Trinajstić information content (AvgIpc) is 2.92. The molecule has 0 saturated heterocycles. The second-order valence-electron chi connectivity index (χ2n) is 9.47. The first-order valence-electron chi connectivity index (χ1n) is 12.7. The van der Waals surface area contributed by atoms with E-state index in [2.05, 4.69) is 40.2 Å². The van der Waals surface area contributed by atoms with Gasteiger partial charge in [-0.3, -0.25) is 0 Å². The van der Waals surface area contributed by atoms with Crippen LogP contribution in [-0.2, 0) is 10.3 Å². The highest BCUT2D eigenvalue weighted by atomic mass is 16.5. The van der Waals surface area contributed by atoms with Gasteiger partial charge >= 0.3 is 0 Å². The molecule has 0 amide bonds. The van der Waals surface area contributed by atoms with Gasteiger partial charge in [-0.25, -0.2) is 4.98 Å². The molecular formula is C32H36N2O3. The summed E-state index contributed by atoms with van der Waals surface area (Å²) in [5.74, 6) is 0.0493. The molecule has 0 saturated carbocycles. The molecule has 192 valence electrons. The van der Waals surface area contributed by atoms with Gasteiger partial charge in [0.25, 0.3) is 0 Å². The van der Waals surface area contributed by atoms with E-state index in [4.69, 9.17) is 9.47 Å². The van der Waals surface area contributed by atoms with E-state index in [9.17, 15) is 5.11 Å². The Bertz CT molecular complexity index is 1330. The first-order chi connectivity index (χ1) is 18.0. The topological polar surface area (TPSA) is 54.8 Å². The van der Waals surface area contributed by atoms with Crippen LogP contribution < -0.4 is 4.74 Å². The lowest BCUT2D eigenvalue weighted by Gasteiger charge is -2.39. The van der Waals surface area contributed by atoms with Gasteiger partial charge in [0.15, 0.2) is 0 Å². The van der Waals surface area contributed by atoms with Crippen LogP contribution in [-0.4, -0.2) is 49.3 Å². The van der Waals surface area contributed by atoms with Crippen LogP contribution in [0, 0.1) is 0 Å². The summed E-state index contributed by atoms with van der Waals surface area (Å²) in [5.41, 5.74) is 2.31. The second kappa shape index (κ2) is 12.0. The Balaban J connectivity index is 2.01. The van der Waals surface area contributed by atoms with Crippen LogP contribution >= 0.6 is 0 Å². The number of aliphatic hydroxyl groups is 1. The summed E-state index contributed by atoms with van der Waals surface area (Å²) in [6.45, 7) is 3.23. The van der Waals surface area contributed by atoms with Gasteiger partial charge in [0.2, 0.25) is 5.88 Å². The fourth-order valence-corrected chi connectivity index (χ4v) is 4.97. The molecule has 1 heterocycles. The van der Waals surface area contributed by atoms with Crippen LogP contribution in [0.2, 0.25) is 0 Å². The number of hydrogen-bond donors (Lipinski definition) is 1. The van der Waals surface area contributed by atoms with Gasteiger partial charge in [-0.05, 0) is 67.0 Å². The van der Waals surface area contributed by atoms with Gasteiger partial charge < -0.3 is 19.5 Å².